The van der Waals surface area contributed by atoms with Crippen LogP contribution < -0.4 is 5.73 Å². The van der Waals surface area contributed by atoms with E-state index in [-0.39, 0.29) is 11.4 Å². The van der Waals surface area contributed by atoms with Gasteiger partial charge in [-0.15, -0.1) is 0 Å². The Morgan fingerprint density at radius 3 is 2.54 bits per heavy atom. The van der Waals surface area contributed by atoms with Crippen LogP contribution in [0.25, 0.3) is 0 Å². The second-order valence-corrected chi connectivity index (χ2v) is 4.26. The van der Waals surface area contributed by atoms with E-state index < -0.39 is 0 Å². The summed E-state index contributed by atoms with van der Waals surface area (Å²) in [6, 6.07) is 0. The number of hydrazone groups is 1. The van der Waals surface area contributed by atoms with E-state index in [2.05, 4.69) is 5.10 Å². The lowest BCUT2D eigenvalue weighted by Crippen LogP contribution is -2.38. The lowest BCUT2D eigenvalue weighted by atomic mass is 10.1. The highest BCUT2D eigenvalue weighted by atomic mass is 16.2. The third-order valence-corrected chi connectivity index (χ3v) is 1.90. The zero-order chi connectivity index (χ0) is 10.1. The fourth-order valence-corrected chi connectivity index (χ4v) is 1.31. The van der Waals surface area contributed by atoms with Crippen LogP contribution in [0.1, 0.15) is 33.6 Å². The summed E-state index contributed by atoms with van der Waals surface area (Å²) in [5.74, 6) is 0.0796. The highest BCUT2D eigenvalue weighted by molar-refractivity contribution is 6.05. The molecule has 0 aromatic carbocycles. The normalized spacial score (nSPS) is 18.0. The lowest BCUT2D eigenvalue weighted by molar-refractivity contribution is -0.133. The first kappa shape index (κ1) is 10.2. The first-order chi connectivity index (χ1) is 5.95. The predicted molar refractivity (Wildman–Crippen MR) is 52.3 cm³/mol. The van der Waals surface area contributed by atoms with E-state index in [0.29, 0.717) is 13.0 Å². The van der Waals surface area contributed by atoms with Gasteiger partial charge in [0, 0.05) is 12.1 Å². The van der Waals surface area contributed by atoms with Crippen LogP contribution in [0.5, 0.6) is 0 Å². The predicted octanol–water partition coefficient (Wildman–Crippen LogP) is 0.722. The van der Waals surface area contributed by atoms with Crippen molar-refractivity contribution in [2.24, 2.45) is 10.8 Å². The van der Waals surface area contributed by atoms with Crippen molar-refractivity contribution in [2.45, 2.75) is 39.2 Å². The van der Waals surface area contributed by atoms with Gasteiger partial charge in [0.05, 0.1) is 12.0 Å². The molecule has 1 amide bonds. The van der Waals surface area contributed by atoms with Crippen molar-refractivity contribution >= 4 is 11.6 Å². The smallest absolute Gasteiger partial charge is 0.248 e. The molecule has 2 N–H and O–H groups in total. The number of rotatable bonds is 2. The summed E-state index contributed by atoms with van der Waals surface area (Å²) in [7, 11) is 0. The maximum absolute atomic E-state index is 11.5. The van der Waals surface area contributed by atoms with Gasteiger partial charge >= 0.3 is 0 Å². The van der Waals surface area contributed by atoms with Gasteiger partial charge < -0.3 is 5.73 Å². The second kappa shape index (κ2) is 3.46. The van der Waals surface area contributed by atoms with Gasteiger partial charge in [0.25, 0.3) is 0 Å². The lowest BCUT2D eigenvalue weighted by Gasteiger charge is -2.27. The minimum Gasteiger partial charge on any atom is -0.330 e. The summed E-state index contributed by atoms with van der Waals surface area (Å²) in [5, 5.41) is 5.80. The molecule has 0 bridgehead atoms. The summed E-state index contributed by atoms with van der Waals surface area (Å²) in [4.78, 5) is 11.5. The SMILES string of the molecule is CC(C)(C)N1N=C(CCN)CC1=O. The molecule has 0 saturated heterocycles. The Hall–Kier alpha value is -0.900. The molecule has 4 heteroatoms. The van der Waals surface area contributed by atoms with Crippen molar-refractivity contribution in [1.82, 2.24) is 5.01 Å². The summed E-state index contributed by atoms with van der Waals surface area (Å²) < 4.78 is 0. The van der Waals surface area contributed by atoms with Crippen LogP contribution in [0.2, 0.25) is 0 Å². The molecule has 74 valence electrons. The van der Waals surface area contributed by atoms with Gasteiger partial charge in [-0.1, -0.05) is 0 Å². The number of carbonyl (C=O) groups is 1. The van der Waals surface area contributed by atoms with Crippen molar-refractivity contribution in [2.75, 3.05) is 6.54 Å². The molecule has 0 atom stereocenters. The molecule has 0 spiro atoms. The van der Waals surface area contributed by atoms with Crippen molar-refractivity contribution in [3.8, 4) is 0 Å². The fraction of sp³-hybridized carbons (Fsp3) is 0.778. The Bertz CT molecular complexity index is 240. The van der Waals surface area contributed by atoms with Crippen molar-refractivity contribution in [3.05, 3.63) is 0 Å². The molecule has 0 aromatic rings. The minimum absolute atomic E-state index is 0.0796. The van der Waals surface area contributed by atoms with Gasteiger partial charge in [-0.2, -0.15) is 5.10 Å². The molecule has 0 fully saturated rings. The topological polar surface area (TPSA) is 58.7 Å². The highest BCUT2D eigenvalue weighted by Gasteiger charge is 2.31. The number of hydrogen-bond donors (Lipinski definition) is 1. The minimum atomic E-state index is -0.215. The molecule has 1 aliphatic heterocycles. The van der Waals surface area contributed by atoms with Crippen LogP contribution in [0, 0.1) is 0 Å². The summed E-state index contributed by atoms with van der Waals surface area (Å²) >= 11 is 0. The molecule has 0 saturated carbocycles. The van der Waals surface area contributed by atoms with Crippen molar-refractivity contribution in [1.29, 1.82) is 0 Å². The Labute approximate surface area is 78.8 Å². The highest BCUT2D eigenvalue weighted by Crippen LogP contribution is 2.21. The van der Waals surface area contributed by atoms with E-state index >= 15 is 0 Å². The third-order valence-electron chi connectivity index (χ3n) is 1.90. The third kappa shape index (κ3) is 2.28. The van der Waals surface area contributed by atoms with E-state index in [9.17, 15) is 4.79 Å². The van der Waals surface area contributed by atoms with E-state index in [1.165, 1.54) is 0 Å². The van der Waals surface area contributed by atoms with E-state index in [1.807, 2.05) is 20.8 Å². The van der Waals surface area contributed by atoms with Gasteiger partial charge in [-0.05, 0) is 27.3 Å². The molecule has 0 aromatic heterocycles. The number of hydrogen-bond acceptors (Lipinski definition) is 3. The number of nitrogens with two attached hydrogens (primary N) is 1. The zero-order valence-electron chi connectivity index (χ0n) is 8.50. The average molecular weight is 183 g/mol. The largest absolute Gasteiger partial charge is 0.330 e. The number of nitrogens with zero attached hydrogens (tertiary/aromatic N) is 2. The molecule has 13 heavy (non-hydrogen) atoms. The Morgan fingerprint density at radius 2 is 2.15 bits per heavy atom. The molecule has 0 radical (unpaired) electrons. The number of carbonyl (C=O) groups excluding carboxylic acids is 1. The fourth-order valence-electron chi connectivity index (χ4n) is 1.31. The van der Waals surface area contributed by atoms with E-state index in [1.54, 1.807) is 5.01 Å². The zero-order valence-corrected chi connectivity index (χ0v) is 8.50. The van der Waals surface area contributed by atoms with Crippen LogP contribution in [-0.2, 0) is 4.79 Å². The molecular formula is C9H17N3O. The van der Waals surface area contributed by atoms with Gasteiger partial charge in [-0.25, -0.2) is 5.01 Å². The van der Waals surface area contributed by atoms with Crippen molar-refractivity contribution in [3.63, 3.8) is 0 Å². The monoisotopic (exact) mass is 183 g/mol. The quantitative estimate of drug-likeness (QED) is 0.685. The van der Waals surface area contributed by atoms with Crippen molar-refractivity contribution < 1.29 is 4.79 Å². The first-order valence-electron chi connectivity index (χ1n) is 4.54. The average Bonchev–Trinajstić information content (AvgIpc) is 2.30. The maximum Gasteiger partial charge on any atom is 0.248 e. The van der Waals surface area contributed by atoms with E-state index in [0.717, 1.165) is 12.1 Å². The molecule has 0 unspecified atom stereocenters. The van der Waals surface area contributed by atoms with Crippen LogP contribution in [0.3, 0.4) is 0 Å². The molecule has 1 aliphatic rings. The summed E-state index contributed by atoms with van der Waals surface area (Å²) in [6.45, 7) is 6.48. The van der Waals surface area contributed by atoms with Gasteiger partial charge in [-0.3, -0.25) is 4.79 Å². The Kier molecular flexibility index (Phi) is 2.71. The number of amides is 1. The molecular weight excluding hydrogens is 166 g/mol. The molecule has 0 aliphatic carbocycles. The molecule has 1 heterocycles. The first-order valence-corrected chi connectivity index (χ1v) is 4.54. The standard InChI is InChI=1S/C9H17N3O/c1-9(2,3)12-8(13)6-7(11-12)4-5-10/h4-6,10H2,1-3H3. The molecule has 1 rings (SSSR count). The van der Waals surface area contributed by atoms with Gasteiger partial charge in [0.1, 0.15) is 0 Å². The molecule has 4 nitrogen and oxygen atoms in total. The summed E-state index contributed by atoms with van der Waals surface area (Å²) in [6.07, 6.45) is 1.16. The Balaban J connectivity index is 2.72. The van der Waals surface area contributed by atoms with E-state index in [4.69, 9.17) is 5.73 Å². The van der Waals surface area contributed by atoms with Crippen LogP contribution in [-0.4, -0.2) is 28.7 Å². The van der Waals surface area contributed by atoms with Crippen LogP contribution in [0.15, 0.2) is 5.10 Å². The van der Waals surface area contributed by atoms with Crippen LogP contribution in [0.4, 0.5) is 0 Å². The van der Waals surface area contributed by atoms with Gasteiger partial charge in [0.15, 0.2) is 0 Å². The maximum atomic E-state index is 11.5. The van der Waals surface area contributed by atoms with Crippen LogP contribution >= 0.6 is 0 Å². The summed E-state index contributed by atoms with van der Waals surface area (Å²) in [5.41, 5.74) is 6.09. The van der Waals surface area contributed by atoms with Gasteiger partial charge in [0.2, 0.25) is 5.91 Å². The Morgan fingerprint density at radius 1 is 1.54 bits per heavy atom. The second-order valence-electron chi connectivity index (χ2n) is 4.26.